The molecule has 7 heteroatoms. The molecule has 5 nitrogen and oxygen atoms in total. The number of rotatable bonds is 7. The average Bonchev–Trinajstić information content (AvgIpc) is 3.40. The lowest BCUT2D eigenvalue weighted by Crippen LogP contribution is -2.38. The summed E-state index contributed by atoms with van der Waals surface area (Å²) in [6, 6.07) is 15.5. The van der Waals surface area contributed by atoms with Gasteiger partial charge in [-0.3, -0.25) is 4.99 Å². The van der Waals surface area contributed by atoms with E-state index in [0.717, 1.165) is 56.0 Å². The Kier molecular flexibility index (Phi) is 8.57. The second-order valence-corrected chi connectivity index (χ2v) is 7.84. The summed E-state index contributed by atoms with van der Waals surface area (Å²) in [6.07, 6.45) is 3.98. The van der Waals surface area contributed by atoms with Gasteiger partial charge in [0.15, 0.2) is 5.96 Å². The fraction of sp³-hybridized carbons (Fsp3) is 0.375. The van der Waals surface area contributed by atoms with Gasteiger partial charge in [0.25, 0.3) is 0 Å². The Labute approximate surface area is 200 Å². The predicted octanol–water partition coefficient (Wildman–Crippen LogP) is 4.55. The molecule has 1 aliphatic heterocycles. The Hall–Kier alpha value is -2.29. The molecule has 0 spiro atoms. The van der Waals surface area contributed by atoms with Crippen molar-refractivity contribution in [1.29, 1.82) is 0 Å². The second-order valence-electron chi connectivity index (χ2n) is 7.84. The molecule has 2 heterocycles. The number of hydrogen-bond donors (Lipinski definition) is 3. The lowest BCUT2D eigenvalue weighted by molar-refractivity contribution is 0.599. The quantitative estimate of drug-likeness (QED) is 0.237. The fourth-order valence-corrected chi connectivity index (χ4v) is 4.10. The third-order valence-corrected chi connectivity index (χ3v) is 5.68. The number of aromatic nitrogens is 1. The number of guanidine groups is 1. The van der Waals surface area contributed by atoms with Crippen LogP contribution < -0.4 is 15.5 Å². The molecule has 0 bridgehead atoms. The maximum Gasteiger partial charge on any atom is 0.191 e. The molecule has 1 atom stereocenters. The van der Waals surface area contributed by atoms with Crippen molar-refractivity contribution in [3.8, 4) is 0 Å². The first-order valence-electron chi connectivity index (χ1n) is 10.8. The molecular formula is C24H31FIN5. The normalized spacial score (nSPS) is 16.4. The van der Waals surface area contributed by atoms with Gasteiger partial charge in [0.05, 0.1) is 0 Å². The number of nitrogens with zero attached hydrogens (tertiary/aromatic N) is 2. The van der Waals surface area contributed by atoms with Crippen molar-refractivity contribution < 1.29 is 4.39 Å². The molecular weight excluding hydrogens is 504 g/mol. The first-order chi connectivity index (χ1) is 14.7. The van der Waals surface area contributed by atoms with E-state index in [1.807, 2.05) is 12.3 Å². The van der Waals surface area contributed by atoms with Crippen LogP contribution >= 0.6 is 24.0 Å². The molecule has 1 unspecified atom stereocenters. The minimum Gasteiger partial charge on any atom is -0.371 e. The number of benzene rings is 2. The summed E-state index contributed by atoms with van der Waals surface area (Å²) in [5.41, 5.74) is 3.32. The molecule has 1 fully saturated rings. The number of aliphatic imine (C=N–C) groups is 1. The van der Waals surface area contributed by atoms with E-state index < -0.39 is 0 Å². The van der Waals surface area contributed by atoms with Crippen LogP contribution in [0.15, 0.2) is 59.7 Å². The maximum atomic E-state index is 13.4. The van der Waals surface area contributed by atoms with Crippen LogP contribution in [-0.4, -0.2) is 43.7 Å². The van der Waals surface area contributed by atoms with Gasteiger partial charge in [-0.25, -0.2) is 4.39 Å². The minimum absolute atomic E-state index is 0. The summed E-state index contributed by atoms with van der Waals surface area (Å²) in [5, 5.41) is 7.86. The van der Waals surface area contributed by atoms with Crippen LogP contribution in [0.2, 0.25) is 0 Å². The molecule has 31 heavy (non-hydrogen) atoms. The highest BCUT2D eigenvalue weighted by Crippen LogP contribution is 2.23. The van der Waals surface area contributed by atoms with Crippen LogP contribution in [0.4, 0.5) is 10.1 Å². The SMILES string of the molecule is CCNC(=NCC1CCN(c2ccccc2)C1)NCCc1c[nH]c2cc(F)ccc12.I. The number of halogens is 2. The summed E-state index contributed by atoms with van der Waals surface area (Å²) in [5.74, 6) is 1.22. The van der Waals surface area contributed by atoms with Crippen molar-refractivity contribution in [2.75, 3.05) is 37.6 Å². The maximum absolute atomic E-state index is 13.4. The van der Waals surface area contributed by atoms with Gasteiger partial charge in [-0.1, -0.05) is 18.2 Å². The number of aromatic amines is 1. The largest absolute Gasteiger partial charge is 0.371 e. The molecule has 1 aromatic heterocycles. The van der Waals surface area contributed by atoms with Gasteiger partial charge in [-0.15, -0.1) is 24.0 Å². The van der Waals surface area contributed by atoms with Crippen LogP contribution in [0.3, 0.4) is 0 Å². The van der Waals surface area contributed by atoms with E-state index in [2.05, 4.69) is 57.8 Å². The number of hydrogen-bond acceptors (Lipinski definition) is 2. The standard InChI is InChI=1S/C24H30FN5.HI/c1-2-26-24(27-12-10-19-16-28-23-14-20(25)8-9-22(19)23)29-15-18-11-13-30(17-18)21-6-4-3-5-7-21;/h3-9,14,16,18,28H,2,10-13,15,17H2,1H3,(H2,26,27,29);1H. The van der Waals surface area contributed by atoms with Crippen LogP contribution in [0.1, 0.15) is 18.9 Å². The molecule has 1 aliphatic rings. The van der Waals surface area contributed by atoms with Crippen molar-refractivity contribution >= 4 is 46.5 Å². The molecule has 166 valence electrons. The van der Waals surface area contributed by atoms with Gasteiger partial charge in [0.1, 0.15) is 5.82 Å². The van der Waals surface area contributed by atoms with E-state index in [1.54, 1.807) is 0 Å². The Morgan fingerprint density at radius 2 is 2.03 bits per heavy atom. The highest BCUT2D eigenvalue weighted by Gasteiger charge is 2.22. The van der Waals surface area contributed by atoms with Gasteiger partial charge in [-0.05, 0) is 61.6 Å². The van der Waals surface area contributed by atoms with Crippen LogP contribution in [0.5, 0.6) is 0 Å². The van der Waals surface area contributed by atoms with Crippen LogP contribution in [0, 0.1) is 11.7 Å². The number of anilines is 1. The van der Waals surface area contributed by atoms with Gasteiger partial charge in [-0.2, -0.15) is 0 Å². The minimum atomic E-state index is -0.215. The smallest absolute Gasteiger partial charge is 0.191 e. The molecule has 2 aromatic carbocycles. The molecule has 1 saturated heterocycles. The van der Waals surface area contributed by atoms with Gasteiger partial charge >= 0.3 is 0 Å². The Balaban J connectivity index is 0.00000272. The molecule has 4 rings (SSSR count). The van der Waals surface area contributed by atoms with E-state index >= 15 is 0 Å². The number of para-hydroxylation sites is 1. The van der Waals surface area contributed by atoms with Crippen molar-refractivity contribution in [2.45, 2.75) is 19.8 Å². The fourth-order valence-electron chi connectivity index (χ4n) is 4.10. The van der Waals surface area contributed by atoms with Gasteiger partial charge < -0.3 is 20.5 Å². The summed E-state index contributed by atoms with van der Waals surface area (Å²) in [4.78, 5) is 10.4. The summed E-state index contributed by atoms with van der Waals surface area (Å²) >= 11 is 0. The predicted molar refractivity (Wildman–Crippen MR) is 138 cm³/mol. The van der Waals surface area contributed by atoms with Crippen molar-refractivity contribution in [1.82, 2.24) is 15.6 Å². The third-order valence-electron chi connectivity index (χ3n) is 5.68. The number of fused-ring (bicyclic) bond motifs is 1. The molecule has 0 radical (unpaired) electrons. The van der Waals surface area contributed by atoms with E-state index in [1.165, 1.54) is 29.8 Å². The second kappa shape index (κ2) is 11.4. The van der Waals surface area contributed by atoms with E-state index in [4.69, 9.17) is 4.99 Å². The molecule has 0 amide bonds. The summed E-state index contributed by atoms with van der Waals surface area (Å²) in [6.45, 7) is 6.66. The zero-order valence-corrected chi connectivity index (χ0v) is 20.2. The van der Waals surface area contributed by atoms with Crippen molar-refractivity contribution in [3.63, 3.8) is 0 Å². The first-order valence-corrected chi connectivity index (χ1v) is 10.8. The summed E-state index contributed by atoms with van der Waals surface area (Å²) in [7, 11) is 0. The topological polar surface area (TPSA) is 55.5 Å². The lowest BCUT2D eigenvalue weighted by Gasteiger charge is -2.18. The molecule has 0 saturated carbocycles. The number of nitrogens with one attached hydrogen (secondary N) is 3. The zero-order chi connectivity index (χ0) is 20.8. The first kappa shape index (κ1) is 23.4. The van der Waals surface area contributed by atoms with Crippen LogP contribution in [-0.2, 0) is 6.42 Å². The van der Waals surface area contributed by atoms with Crippen LogP contribution in [0.25, 0.3) is 10.9 Å². The zero-order valence-electron chi connectivity index (χ0n) is 17.9. The molecule has 0 aliphatic carbocycles. The highest BCUT2D eigenvalue weighted by atomic mass is 127. The summed E-state index contributed by atoms with van der Waals surface area (Å²) < 4.78 is 13.4. The van der Waals surface area contributed by atoms with Gasteiger partial charge in [0, 0.05) is 55.5 Å². The Morgan fingerprint density at radius 3 is 2.84 bits per heavy atom. The third kappa shape index (κ3) is 6.12. The van der Waals surface area contributed by atoms with Crippen molar-refractivity contribution in [2.24, 2.45) is 10.9 Å². The Morgan fingerprint density at radius 1 is 1.19 bits per heavy atom. The average molecular weight is 535 g/mol. The van der Waals surface area contributed by atoms with E-state index in [0.29, 0.717) is 5.92 Å². The Bertz CT molecular complexity index is 988. The molecule has 3 aromatic rings. The monoisotopic (exact) mass is 535 g/mol. The lowest BCUT2D eigenvalue weighted by atomic mass is 10.1. The van der Waals surface area contributed by atoms with E-state index in [9.17, 15) is 4.39 Å². The van der Waals surface area contributed by atoms with Crippen molar-refractivity contribution in [3.05, 3.63) is 66.1 Å². The molecule has 3 N–H and O–H groups in total. The van der Waals surface area contributed by atoms with Gasteiger partial charge in [0.2, 0.25) is 0 Å². The highest BCUT2D eigenvalue weighted by molar-refractivity contribution is 14.0. The van der Waals surface area contributed by atoms with E-state index in [-0.39, 0.29) is 29.8 Å². The number of H-pyrrole nitrogens is 1.